The standard InChI is InChI=1S/C16H11F2NO3/c17-16(18)22-13-8-4-2-6-11(13)19-15(20)14-9-10-5-1-3-7-12(10)21-14/h1-9,16H,(H,19,20). The third-order valence-electron chi connectivity index (χ3n) is 3.00. The van der Waals surface area contributed by atoms with Crippen LogP contribution in [-0.2, 0) is 0 Å². The number of anilines is 1. The highest BCUT2D eigenvalue weighted by atomic mass is 19.3. The monoisotopic (exact) mass is 303 g/mol. The van der Waals surface area contributed by atoms with E-state index in [1.165, 1.54) is 18.2 Å². The molecule has 1 aromatic heterocycles. The fraction of sp³-hybridized carbons (Fsp3) is 0.0625. The predicted molar refractivity (Wildman–Crippen MR) is 77.2 cm³/mol. The summed E-state index contributed by atoms with van der Waals surface area (Å²) in [7, 11) is 0. The average Bonchev–Trinajstić information content (AvgIpc) is 2.93. The molecule has 3 aromatic rings. The quantitative estimate of drug-likeness (QED) is 0.782. The zero-order valence-corrected chi connectivity index (χ0v) is 11.3. The molecule has 1 heterocycles. The lowest BCUT2D eigenvalue weighted by Crippen LogP contribution is -2.13. The summed E-state index contributed by atoms with van der Waals surface area (Å²) in [5.74, 6) is -0.559. The Balaban J connectivity index is 1.85. The van der Waals surface area contributed by atoms with Crippen molar-refractivity contribution < 1.29 is 22.7 Å². The SMILES string of the molecule is O=C(Nc1ccccc1OC(F)F)c1cc2ccccc2o1. The summed E-state index contributed by atoms with van der Waals surface area (Å²) in [6.45, 7) is -2.97. The van der Waals surface area contributed by atoms with Crippen LogP contribution in [0.25, 0.3) is 11.0 Å². The van der Waals surface area contributed by atoms with E-state index >= 15 is 0 Å². The number of alkyl halides is 2. The van der Waals surface area contributed by atoms with Crippen LogP contribution in [0.2, 0.25) is 0 Å². The highest BCUT2D eigenvalue weighted by Crippen LogP contribution is 2.27. The summed E-state index contributed by atoms with van der Waals surface area (Å²) >= 11 is 0. The van der Waals surface area contributed by atoms with Crippen molar-refractivity contribution in [2.45, 2.75) is 6.61 Å². The maximum absolute atomic E-state index is 12.3. The van der Waals surface area contributed by atoms with E-state index in [0.717, 1.165) is 5.39 Å². The van der Waals surface area contributed by atoms with Crippen molar-refractivity contribution in [1.82, 2.24) is 0 Å². The molecule has 4 nitrogen and oxygen atoms in total. The Morgan fingerprint density at radius 3 is 2.59 bits per heavy atom. The fourth-order valence-corrected chi connectivity index (χ4v) is 2.05. The van der Waals surface area contributed by atoms with Crippen LogP contribution in [0.1, 0.15) is 10.6 Å². The van der Waals surface area contributed by atoms with Crippen LogP contribution in [0.5, 0.6) is 5.75 Å². The van der Waals surface area contributed by atoms with E-state index in [2.05, 4.69) is 10.1 Å². The first-order chi connectivity index (χ1) is 10.6. The molecule has 0 saturated carbocycles. The summed E-state index contributed by atoms with van der Waals surface area (Å²) in [5.41, 5.74) is 0.720. The zero-order valence-electron chi connectivity index (χ0n) is 11.3. The molecule has 0 aliphatic rings. The number of nitrogens with one attached hydrogen (secondary N) is 1. The van der Waals surface area contributed by atoms with E-state index in [0.29, 0.717) is 5.58 Å². The summed E-state index contributed by atoms with van der Waals surface area (Å²) in [6.07, 6.45) is 0. The van der Waals surface area contributed by atoms with Crippen LogP contribution in [0.15, 0.2) is 59.0 Å². The topological polar surface area (TPSA) is 51.5 Å². The van der Waals surface area contributed by atoms with Gasteiger partial charge in [0, 0.05) is 5.39 Å². The number of ether oxygens (including phenoxy) is 1. The molecule has 22 heavy (non-hydrogen) atoms. The Hall–Kier alpha value is -2.89. The Bertz CT molecular complexity index is 781. The van der Waals surface area contributed by atoms with Gasteiger partial charge < -0.3 is 14.5 Å². The Kier molecular flexibility index (Phi) is 3.74. The van der Waals surface area contributed by atoms with E-state index in [-0.39, 0.29) is 17.2 Å². The minimum Gasteiger partial charge on any atom is -0.451 e. The van der Waals surface area contributed by atoms with Gasteiger partial charge in [-0.25, -0.2) is 0 Å². The molecular formula is C16H11F2NO3. The number of halogens is 2. The van der Waals surface area contributed by atoms with Gasteiger partial charge in [-0.3, -0.25) is 4.79 Å². The number of benzene rings is 2. The lowest BCUT2D eigenvalue weighted by Gasteiger charge is -2.10. The molecule has 0 fully saturated rings. The molecule has 0 aliphatic carbocycles. The Morgan fingerprint density at radius 1 is 1.09 bits per heavy atom. The zero-order chi connectivity index (χ0) is 15.5. The number of hydrogen-bond acceptors (Lipinski definition) is 3. The van der Waals surface area contributed by atoms with Crippen LogP contribution in [-0.4, -0.2) is 12.5 Å². The van der Waals surface area contributed by atoms with Gasteiger partial charge in [0.15, 0.2) is 5.76 Å². The van der Waals surface area contributed by atoms with E-state index in [9.17, 15) is 13.6 Å². The first-order valence-electron chi connectivity index (χ1n) is 6.47. The molecular weight excluding hydrogens is 292 g/mol. The van der Waals surface area contributed by atoms with Crippen molar-refractivity contribution in [1.29, 1.82) is 0 Å². The number of rotatable bonds is 4. The second kappa shape index (κ2) is 5.85. The average molecular weight is 303 g/mol. The third kappa shape index (κ3) is 2.90. The molecule has 1 N–H and O–H groups in total. The maximum Gasteiger partial charge on any atom is 0.387 e. The van der Waals surface area contributed by atoms with E-state index in [4.69, 9.17) is 4.42 Å². The number of carbonyl (C=O) groups excluding carboxylic acids is 1. The van der Waals surface area contributed by atoms with Gasteiger partial charge >= 0.3 is 6.61 Å². The highest BCUT2D eigenvalue weighted by molar-refractivity contribution is 6.05. The predicted octanol–water partition coefficient (Wildman–Crippen LogP) is 4.29. The lowest BCUT2D eigenvalue weighted by molar-refractivity contribution is -0.0493. The number of para-hydroxylation sites is 3. The molecule has 0 radical (unpaired) electrons. The van der Waals surface area contributed by atoms with Gasteiger partial charge in [0.25, 0.3) is 5.91 Å². The normalized spacial score (nSPS) is 10.9. The number of hydrogen-bond donors (Lipinski definition) is 1. The number of carbonyl (C=O) groups is 1. The molecule has 0 unspecified atom stereocenters. The fourth-order valence-electron chi connectivity index (χ4n) is 2.05. The van der Waals surface area contributed by atoms with Crippen LogP contribution in [0, 0.1) is 0 Å². The molecule has 3 rings (SSSR count). The summed E-state index contributed by atoms with van der Waals surface area (Å²) in [4.78, 5) is 12.2. The lowest BCUT2D eigenvalue weighted by atomic mass is 10.2. The summed E-state index contributed by atoms with van der Waals surface area (Å²) in [5, 5.41) is 3.28. The molecule has 0 aliphatic heterocycles. The van der Waals surface area contributed by atoms with Crippen molar-refractivity contribution in [3.8, 4) is 5.75 Å². The largest absolute Gasteiger partial charge is 0.451 e. The molecule has 112 valence electrons. The van der Waals surface area contributed by atoms with Gasteiger partial charge in [-0.2, -0.15) is 8.78 Å². The minimum atomic E-state index is -2.97. The Labute approximate surface area is 124 Å². The van der Waals surface area contributed by atoms with Crippen molar-refractivity contribution in [3.63, 3.8) is 0 Å². The third-order valence-corrected chi connectivity index (χ3v) is 3.00. The second-order valence-corrected chi connectivity index (χ2v) is 4.48. The molecule has 0 saturated heterocycles. The molecule has 0 bridgehead atoms. The number of furan rings is 1. The minimum absolute atomic E-state index is 0.0908. The highest BCUT2D eigenvalue weighted by Gasteiger charge is 2.15. The van der Waals surface area contributed by atoms with Crippen LogP contribution in [0.4, 0.5) is 14.5 Å². The van der Waals surface area contributed by atoms with Crippen LogP contribution in [0.3, 0.4) is 0 Å². The maximum atomic E-state index is 12.3. The van der Waals surface area contributed by atoms with E-state index in [1.807, 2.05) is 12.1 Å². The molecule has 0 spiro atoms. The molecule has 0 atom stereocenters. The van der Waals surface area contributed by atoms with Gasteiger partial charge in [-0.05, 0) is 24.3 Å². The van der Waals surface area contributed by atoms with Gasteiger partial charge in [-0.15, -0.1) is 0 Å². The van der Waals surface area contributed by atoms with Crippen molar-refractivity contribution >= 4 is 22.6 Å². The van der Waals surface area contributed by atoms with Gasteiger partial charge in [-0.1, -0.05) is 30.3 Å². The van der Waals surface area contributed by atoms with Crippen LogP contribution >= 0.6 is 0 Å². The van der Waals surface area contributed by atoms with E-state index < -0.39 is 12.5 Å². The van der Waals surface area contributed by atoms with Gasteiger partial charge in [0.2, 0.25) is 0 Å². The van der Waals surface area contributed by atoms with E-state index in [1.54, 1.807) is 24.3 Å². The Morgan fingerprint density at radius 2 is 1.82 bits per heavy atom. The van der Waals surface area contributed by atoms with Crippen molar-refractivity contribution in [2.24, 2.45) is 0 Å². The molecule has 2 aromatic carbocycles. The van der Waals surface area contributed by atoms with Gasteiger partial charge in [0.1, 0.15) is 11.3 Å². The smallest absolute Gasteiger partial charge is 0.387 e. The van der Waals surface area contributed by atoms with Gasteiger partial charge in [0.05, 0.1) is 5.69 Å². The van der Waals surface area contributed by atoms with Crippen molar-refractivity contribution in [3.05, 3.63) is 60.4 Å². The molecule has 6 heteroatoms. The van der Waals surface area contributed by atoms with Crippen LogP contribution < -0.4 is 10.1 Å². The summed E-state index contributed by atoms with van der Waals surface area (Å²) in [6, 6.07) is 14.7. The number of fused-ring (bicyclic) bond motifs is 1. The summed E-state index contributed by atoms with van der Waals surface area (Å²) < 4.78 is 34.5. The first-order valence-corrected chi connectivity index (χ1v) is 6.47. The second-order valence-electron chi connectivity index (χ2n) is 4.48. The number of amides is 1. The van der Waals surface area contributed by atoms with Crippen molar-refractivity contribution in [2.75, 3.05) is 5.32 Å². The molecule has 1 amide bonds. The first kappa shape index (κ1) is 14.1.